The van der Waals surface area contributed by atoms with Crippen LogP contribution in [-0.2, 0) is 10.1 Å². The van der Waals surface area contributed by atoms with Crippen LogP contribution >= 0.6 is 12.6 Å². The molecule has 0 heterocycles. The first-order chi connectivity index (χ1) is 10.4. The van der Waals surface area contributed by atoms with Crippen molar-refractivity contribution < 1.29 is 17.7 Å². The van der Waals surface area contributed by atoms with E-state index in [1.807, 2.05) is 18.2 Å². The fraction of sp³-hybridized carbons (Fsp3) is 0. The Morgan fingerprint density at radius 1 is 0.818 bits per heavy atom. The quantitative estimate of drug-likeness (QED) is 0.558. The highest BCUT2D eigenvalue weighted by Crippen LogP contribution is 2.27. The van der Waals surface area contributed by atoms with Gasteiger partial charge in [0.1, 0.15) is 11.5 Å². The molecule has 6 heteroatoms. The molecule has 4 nitrogen and oxygen atoms in total. The summed E-state index contributed by atoms with van der Waals surface area (Å²) in [7, 11) is -4.22. The topological polar surface area (TPSA) is 63.6 Å². The molecule has 0 fully saturated rings. The summed E-state index contributed by atoms with van der Waals surface area (Å²) in [6.07, 6.45) is 0. The van der Waals surface area contributed by atoms with Crippen LogP contribution in [0.25, 0.3) is 10.8 Å². The zero-order chi connectivity index (χ0) is 15.7. The Morgan fingerprint density at radius 2 is 1.45 bits per heavy atom. The standard InChI is InChI=1S/C16H12O4S2/c17-22(18,19)16-8-2-11-1-3-14(9-12(11)10-16)20-13-4-6-15(21)7-5-13/h1-10,21H,(H,17,18,19). The van der Waals surface area contributed by atoms with Gasteiger partial charge in [0.25, 0.3) is 10.1 Å². The molecule has 0 aromatic heterocycles. The van der Waals surface area contributed by atoms with Crippen molar-refractivity contribution in [3.8, 4) is 11.5 Å². The molecule has 0 saturated heterocycles. The largest absolute Gasteiger partial charge is 0.457 e. The minimum Gasteiger partial charge on any atom is -0.457 e. The number of hydrogen-bond donors (Lipinski definition) is 2. The second kappa shape index (κ2) is 5.64. The van der Waals surface area contributed by atoms with Crippen molar-refractivity contribution in [2.45, 2.75) is 9.79 Å². The summed E-state index contributed by atoms with van der Waals surface area (Å²) >= 11 is 4.21. The Labute approximate surface area is 133 Å². The first kappa shape index (κ1) is 14.9. The smallest absolute Gasteiger partial charge is 0.294 e. The lowest BCUT2D eigenvalue weighted by Gasteiger charge is -2.08. The number of ether oxygens (including phenoxy) is 1. The number of rotatable bonds is 3. The average Bonchev–Trinajstić information content (AvgIpc) is 2.48. The van der Waals surface area contributed by atoms with E-state index in [4.69, 9.17) is 9.29 Å². The van der Waals surface area contributed by atoms with Crippen LogP contribution in [0, 0.1) is 0 Å². The van der Waals surface area contributed by atoms with E-state index in [0.717, 1.165) is 10.3 Å². The molecule has 0 radical (unpaired) electrons. The summed E-state index contributed by atoms with van der Waals surface area (Å²) < 4.78 is 37.2. The fourth-order valence-electron chi connectivity index (χ4n) is 2.08. The average molecular weight is 332 g/mol. The molecule has 3 rings (SSSR count). The van der Waals surface area contributed by atoms with Gasteiger partial charge in [0, 0.05) is 4.90 Å². The monoisotopic (exact) mass is 332 g/mol. The van der Waals surface area contributed by atoms with Crippen LogP contribution in [0.5, 0.6) is 11.5 Å². The Balaban J connectivity index is 1.99. The van der Waals surface area contributed by atoms with Gasteiger partial charge in [-0.15, -0.1) is 12.6 Å². The highest BCUT2D eigenvalue weighted by molar-refractivity contribution is 7.85. The predicted octanol–water partition coefficient (Wildman–Crippen LogP) is 4.17. The van der Waals surface area contributed by atoms with Crippen LogP contribution in [0.1, 0.15) is 0 Å². The maximum atomic E-state index is 11.2. The Morgan fingerprint density at radius 3 is 2.14 bits per heavy atom. The lowest BCUT2D eigenvalue weighted by atomic mass is 10.1. The van der Waals surface area contributed by atoms with E-state index in [0.29, 0.717) is 16.9 Å². The van der Waals surface area contributed by atoms with Crippen LogP contribution in [0.15, 0.2) is 70.5 Å². The first-order valence-corrected chi connectivity index (χ1v) is 8.29. The summed E-state index contributed by atoms with van der Waals surface area (Å²) in [4.78, 5) is 0.695. The molecule has 0 spiro atoms. The van der Waals surface area contributed by atoms with Crippen molar-refractivity contribution in [3.63, 3.8) is 0 Å². The molecule has 0 aliphatic carbocycles. The molecular weight excluding hydrogens is 320 g/mol. The predicted molar refractivity (Wildman–Crippen MR) is 87.5 cm³/mol. The van der Waals surface area contributed by atoms with E-state index >= 15 is 0 Å². The van der Waals surface area contributed by atoms with Gasteiger partial charge < -0.3 is 4.74 Å². The van der Waals surface area contributed by atoms with E-state index in [2.05, 4.69) is 12.6 Å². The molecule has 3 aromatic rings. The van der Waals surface area contributed by atoms with Crippen LogP contribution in [-0.4, -0.2) is 13.0 Å². The first-order valence-electron chi connectivity index (χ1n) is 6.40. The summed E-state index contributed by atoms with van der Waals surface area (Å²) in [6.45, 7) is 0. The highest BCUT2D eigenvalue weighted by atomic mass is 32.2. The molecule has 0 amide bonds. The van der Waals surface area contributed by atoms with Gasteiger partial charge in [-0.2, -0.15) is 8.42 Å². The molecule has 112 valence electrons. The van der Waals surface area contributed by atoms with Crippen molar-refractivity contribution in [1.82, 2.24) is 0 Å². The lowest BCUT2D eigenvalue weighted by Crippen LogP contribution is -1.97. The fourth-order valence-corrected chi connectivity index (χ4v) is 2.74. The minimum atomic E-state index is -4.22. The second-order valence-electron chi connectivity index (χ2n) is 4.74. The third-order valence-corrected chi connectivity index (χ3v) is 4.30. The van der Waals surface area contributed by atoms with E-state index < -0.39 is 10.1 Å². The Bertz CT molecular complexity index is 932. The molecule has 0 unspecified atom stereocenters. The van der Waals surface area contributed by atoms with Gasteiger partial charge in [-0.05, 0) is 59.3 Å². The summed E-state index contributed by atoms with van der Waals surface area (Å²) in [5.41, 5.74) is 0. The Hall–Kier alpha value is -2.02. The number of fused-ring (bicyclic) bond motifs is 1. The third-order valence-electron chi connectivity index (χ3n) is 3.15. The van der Waals surface area contributed by atoms with Gasteiger partial charge in [0.05, 0.1) is 4.90 Å². The number of benzene rings is 3. The van der Waals surface area contributed by atoms with Gasteiger partial charge >= 0.3 is 0 Å². The van der Waals surface area contributed by atoms with Crippen LogP contribution in [0.3, 0.4) is 0 Å². The van der Waals surface area contributed by atoms with E-state index in [1.54, 1.807) is 30.3 Å². The third kappa shape index (κ3) is 3.24. The molecular formula is C16H12O4S2. The molecule has 0 aliphatic heterocycles. The van der Waals surface area contributed by atoms with Gasteiger partial charge in [-0.3, -0.25) is 4.55 Å². The van der Waals surface area contributed by atoms with E-state index in [1.165, 1.54) is 12.1 Å². The van der Waals surface area contributed by atoms with E-state index in [9.17, 15) is 8.42 Å². The molecule has 0 atom stereocenters. The molecule has 1 N–H and O–H groups in total. The van der Waals surface area contributed by atoms with Crippen molar-refractivity contribution in [2.75, 3.05) is 0 Å². The molecule has 3 aromatic carbocycles. The van der Waals surface area contributed by atoms with Crippen LogP contribution < -0.4 is 4.74 Å². The molecule has 22 heavy (non-hydrogen) atoms. The summed E-state index contributed by atoms with van der Waals surface area (Å²) in [6, 6.07) is 17.0. The van der Waals surface area contributed by atoms with Crippen molar-refractivity contribution in [1.29, 1.82) is 0 Å². The second-order valence-corrected chi connectivity index (χ2v) is 6.68. The van der Waals surface area contributed by atoms with Crippen molar-refractivity contribution >= 4 is 33.5 Å². The lowest BCUT2D eigenvalue weighted by molar-refractivity contribution is 0.481. The van der Waals surface area contributed by atoms with Gasteiger partial charge in [-0.1, -0.05) is 12.1 Å². The van der Waals surface area contributed by atoms with Crippen molar-refractivity contribution in [3.05, 3.63) is 60.7 Å². The van der Waals surface area contributed by atoms with Crippen LogP contribution in [0.2, 0.25) is 0 Å². The van der Waals surface area contributed by atoms with Gasteiger partial charge in [0.15, 0.2) is 0 Å². The maximum absolute atomic E-state index is 11.2. The molecule has 0 saturated carbocycles. The van der Waals surface area contributed by atoms with Crippen molar-refractivity contribution in [2.24, 2.45) is 0 Å². The maximum Gasteiger partial charge on any atom is 0.294 e. The summed E-state index contributed by atoms with van der Waals surface area (Å²) in [5, 5.41) is 1.52. The molecule has 0 aliphatic rings. The van der Waals surface area contributed by atoms with E-state index in [-0.39, 0.29) is 4.90 Å². The van der Waals surface area contributed by atoms with Gasteiger partial charge in [0.2, 0.25) is 0 Å². The zero-order valence-electron chi connectivity index (χ0n) is 11.3. The minimum absolute atomic E-state index is 0.142. The highest BCUT2D eigenvalue weighted by Gasteiger charge is 2.10. The molecule has 0 bridgehead atoms. The van der Waals surface area contributed by atoms with Gasteiger partial charge in [-0.25, -0.2) is 0 Å². The SMILES string of the molecule is O=S(=O)(O)c1ccc2ccc(Oc3ccc(S)cc3)cc2c1. The summed E-state index contributed by atoms with van der Waals surface area (Å²) in [5.74, 6) is 1.23. The normalized spacial score (nSPS) is 11.5. The number of thiol groups is 1. The van der Waals surface area contributed by atoms with Crippen LogP contribution in [0.4, 0.5) is 0 Å². The zero-order valence-corrected chi connectivity index (χ0v) is 13.0. The number of hydrogen-bond acceptors (Lipinski definition) is 4. The Kier molecular flexibility index (Phi) is 3.82.